The standard InChI is InChI=1S/C16H24N2O3/c1-15(2,3)13-18-10-6-8-16(18,14(20)21-13)12(19)11-7-5-9-17(11)4/h5,7,9,12-13,19H,6,8,10H2,1-4H3/t12?,13-,16-/m1/s1. The minimum atomic E-state index is -0.927. The molecule has 0 aliphatic carbocycles. The number of nitrogens with zero attached hydrogens (tertiary/aromatic N) is 2. The Morgan fingerprint density at radius 3 is 2.76 bits per heavy atom. The van der Waals surface area contributed by atoms with E-state index in [1.54, 1.807) is 0 Å². The number of aliphatic hydroxyl groups excluding tert-OH is 1. The highest BCUT2D eigenvalue weighted by atomic mass is 16.6. The maximum Gasteiger partial charge on any atom is 0.331 e. The zero-order chi connectivity index (χ0) is 15.4. The molecule has 21 heavy (non-hydrogen) atoms. The Balaban J connectivity index is 2.03. The zero-order valence-electron chi connectivity index (χ0n) is 13.2. The molecule has 0 saturated carbocycles. The number of aromatic nitrogens is 1. The van der Waals surface area contributed by atoms with Crippen LogP contribution in [-0.4, -0.2) is 38.9 Å². The maximum atomic E-state index is 12.6. The summed E-state index contributed by atoms with van der Waals surface area (Å²) in [7, 11) is 1.88. The molecule has 1 N–H and O–H groups in total. The number of carbonyl (C=O) groups excluding carboxylic acids is 1. The number of hydrogen-bond acceptors (Lipinski definition) is 4. The first-order valence-electron chi connectivity index (χ1n) is 7.55. The molecule has 1 aromatic rings. The molecule has 5 heteroatoms. The second-order valence-electron chi connectivity index (χ2n) is 7.29. The van der Waals surface area contributed by atoms with Crippen molar-refractivity contribution in [3.63, 3.8) is 0 Å². The SMILES string of the molecule is Cn1cccc1C(O)[C@@]12CCCN1[C@@H](C(C)(C)C)OC2=O. The highest BCUT2D eigenvalue weighted by molar-refractivity contribution is 5.84. The zero-order valence-corrected chi connectivity index (χ0v) is 13.2. The van der Waals surface area contributed by atoms with Crippen molar-refractivity contribution in [1.29, 1.82) is 0 Å². The summed E-state index contributed by atoms with van der Waals surface area (Å²) in [5.41, 5.74) is -0.340. The summed E-state index contributed by atoms with van der Waals surface area (Å²) in [6.07, 6.45) is 2.30. The molecule has 116 valence electrons. The van der Waals surface area contributed by atoms with Crippen molar-refractivity contribution in [2.24, 2.45) is 12.5 Å². The van der Waals surface area contributed by atoms with Crippen LogP contribution in [0.4, 0.5) is 0 Å². The van der Waals surface area contributed by atoms with Gasteiger partial charge in [-0.2, -0.15) is 0 Å². The Bertz CT molecular complexity index is 560. The van der Waals surface area contributed by atoms with Gasteiger partial charge in [-0.15, -0.1) is 0 Å². The van der Waals surface area contributed by atoms with Crippen molar-refractivity contribution in [2.45, 2.75) is 51.5 Å². The number of aryl methyl sites for hydroxylation is 1. The topological polar surface area (TPSA) is 54.7 Å². The Kier molecular flexibility index (Phi) is 3.19. The van der Waals surface area contributed by atoms with Crippen LogP contribution in [0.5, 0.6) is 0 Å². The van der Waals surface area contributed by atoms with Gasteiger partial charge < -0.3 is 14.4 Å². The smallest absolute Gasteiger partial charge is 0.331 e. The highest BCUT2D eigenvalue weighted by Crippen LogP contribution is 2.49. The lowest BCUT2D eigenvalue weighted by atomic mass is 9.86. The highest BCUT2D eigenvalue weighted by Gasteiger charge is 2.64. The molecule has 3 rings (SSSR count). The Hall–Kier alpha value is -1.33. The molecule has 0 aromatic carbocycles. The van der Waals surface area contributed by atoms with Gasteiger partial charge in [0.25, 0.3) is 0 Å². The fourth-order valence-electron chi connectivity index (χ4n) is 3.73. The van der Waals surface area contributed by atoms with Crippen molar-refractivity contribution in [3.8, 4) is 0 Å². The summed E-state index contributed by atoms with van der Waals surface area (Å²) in [4.78, 5) is 14.7. The van der Waals surface area contributed by atoms with Crippen molar-refractivity contribution < 1.29 is 14.6 Å². The van der Waals surface area contributed by atoms with Gasteiger partial charge in [-0.25, -0.2) is 9.69 Å². The van der Waals surface area contributed by atoms with E-state index in [0.29, 0.717) is 6.42 Å². The average molecular weight is 292 g/mol. The van der Waals surface area contributed by atoms with Gasteiger partial charge in [-0.1, -0.05) is 20.8 Å². The molecule has 2 fully saturated rings. The number of fused-ring (bicyclic) bond motifs is 1. The number of hydrogen-bond donors (Lipinski definition) is 1. The van der Waals surface area contributed by atoms with Gasteiger partial charge in [0.05, 0.1) is 0 Å². The van der Waals surface area contributed by atoms with Crippen LogP contribution in [0, 0.1) is 5.41 Å². The molecule has 2 saturated heterocycles. The predicted molar refractivity (Wildman–Crippen MR) is 78.4 cm³/mol. The molecular formula is C16H24N2O3. The molecular weight excluding hydrogens is 268 g/mol. The van der Waals surface area contributed by atoms with Crippen LogP contribution in [0.3, 0.4) is 0 Å². The molecule has 1 aromatic heterocycles. The van der Waals surface area contributed by atoms with E-state index < -0.39 is 11.6 Å². The van der Waals surface area contributed by atoms with E-state index in [2.05, 4.69) is 25.7 Å². The van der Waals surface area contributed by atoms with Gasteiger partial charge in [0.1, 0.15) is 6.10 Å². The van der Waals surface area contributed by atoms with Gasteiger partial charge in [-0.3, -0.25) is 0 Å². The van der Waals surface area contributed by atoms with Gasteiger partial charge in [-0.05, 0) is 25.0 Å². The number of cyclic esters (lactones) is 1. The normalized spacial score (nSPS) is 31.3. The lowest BCUT2D eigenvalue weighted by molar-refractivity contribution is -0.151. The second kappa shape index (κ2) is 4.58. The summed E-state index contributed by atoms with van der Waals surface area (Å²) in [6.45, 7) is 6.98. The molecule has 2 aliphatic rings. The van der Waals surface area contributed by atoms with Crippen molar-refractivity contribution in [1.82, 2.24) is 9.47 Å². The third kappa shape index (κ3) is 1.94. The molecule has 0 radical (unpaired) electrons. The third-order valence-corrected chi connectivity index (χ3v) is 4.78. The molecule has 3 atom stereocenters. The fraction of sp³-hybridized carbons (Fsp3) is 0.688. The molecule has 0 amide bonds. The lowest BCUT2D eigenvalue weighted by Gasteiger charge is -2.37. The molecule has 1 unspecified atom stereocenters. The minimum Gasteiger partial charge on any atom is -0.444 e. The van der Waals surface area contributed by atoms with Gasteiger partial charge in [0.2, 0.25) is 0 Å². The summed E-state index contributed by atoms with van der Waals surface area (Å²) < 4.78 is 7.54. The Morgan fingerprint density at radius 1 is 1.48 bits per heavy atom. The fourth-order valence-corrected chi connectivity index (χ4v) is 3.73. The van der Waals surface area contributed by atoms with E-state index in [9.17, 15) is 9.90 Å². The third-order valence-electron chi connectivity index (χ3n) is 4.78. The number of aliphatic hydroxyl groups is 1. The van der Waals surface area contributed by atoms with Gasteiger partial charge in [0.15, 0.2) is 11.8 Å². The molecule has 5 nitrogen and oxygen atoms in total. The first-order chi connectivity index (χ1) is 9.78. The van der Waals surface area contributed by atoms with E-state index in [1.165, 1.54) is 0 Å². The van der Waals surface area contributed by atoms with Crippen LogP contribution in [0.25, 0.3) is 0 Å². The minimum absolute atomic E-state index is 0.171. The van der Waals surface area contributed by atoms with Crippen molar-refractivity contribution >= 4 is 5.97 Å². The molecule has 3 heterocycles. The quantitative estimate of drug-likeness (QED) is 0.845. The van der Waals surface area contributed by atoms with E-state index in [-0.39, 0.29) is 17.6 Å². The van der Waals surface area contributed by atoms with Crippen LogP contribution in [0.2, 0.25) is 0 Å². The first kappa shape index (κ1) is 14.6. The monoisotopic (exact) mass is 292 g/mol. The maximum absolute atomic E-state index is 12.6. The van der Waals surface area contributed by atoms with Crippen LogP contribution in [-0.2, 0) is 16.6 Å². The number of rotatable bonds is 2. The Labute approximate surface area is 125 Å². The summed E-state index contributed by atoms with van der Waals surface area (Å²) in [5, 5.41) is 10.9. The van der Waals surface area contributed by atoms with Crippen LogP contribution >= 0.6 is 0 Å². The van der Waals surface area contributed by atoms with Crippen molar-refractivity contribution in [3.05, 3.63) is 24.0 Å². The summed E-state index contributed by atoms with van der Waals surface area (Å²) in [5.74, 6) is -0.284. The summed E-state index contributed by atoms with van der Waals surface area (Å²) >= 11 is 0. The van der Waals surface area contributed by atoms with Crippen LogP contribution in [0.1, 0.15) is 45.4 Å². The molecule has 0 spiro atoms. The predicted octanol–water partition coefficient (Wildman–Crippen LogP) is 1.82. The van der Waals surface area contributed by atoms with E-state index in [4.69, 9.17) is 4.74 Å². The van der Waals surface area contributed by atoms with Crippen LogP contribution in [0.15, 0.2) is 18.3 Å². The molecule has 2 aliphatic heterocycles. The number of carbonyl (C=O) groups is 1. The number of ether oxygens (including phenoxy) is 1. The van der Waals surface area contributed by atoms with E-state index in [0.717, 1.165) is 18.7 Å². The Morgan fingerprint density at radius 2 is 2.19 bits per heavy atom. The lowest BCUT2D eigenvalue weighted by Crippen LogP contribution is -2.53. The number of esters is 1. The first-order valence-corrected chi connectivity index (χ1v) is 7.55. The molecule has 0 bridgehead atoms. The van der Waals surface area contributed by atoms with E-state index in [1.807, 2.05) is 29.9 Å². The van der Waals surface area contributed by atoms with E-state index >= 15 is 0 Å². The average Bonchev–Trinajstić information content (AvgIpc) is 3.04. The summed E-state index contributed by atoms with van der Waals surface area (Å²) in [6, 6.07) is 3.75. The van der Waals surface area contributed by atoms with Crippen LogP contribution < -0.4 is 0 Å². The van der Waals surface area contributed by atoms with Gasteiger partial charge in [0, 0.05) is 30.9 Å². The van der Waals surface area contributed by atoms with Crippen molar-refractivity contribution in [2.75, 3.05) is 6.54 Å². The largest absolute Gasteiger partial charge is 0.444 e. The van der Waals surface area contributed by atoms with Gasteiger partial charge >= 0.3 is 5.97 Å². The second-order valence-corrected chi connectivity index (χ2v) is 7.29.